The summed E-state index contributed by atoms with van der Waals surface area (Å²) in [6, 6.07) is 7.96. The maximum Gasteiger partial charge on any atom is 0.320 e. The van der Waals surface area contributed by atoms with Gasteiger partial charge >= 0.3 is 6.03 Å². The Morgan fingerprint density at radius 3 is 2.86 bits per heavy atom. The number of aryl methyl sites for hydroxylation is 1. The Morgan fingerprint density at radius 1 is 1.32 bits per heavy atom. The molecule has 2 heterocycles. The van der Waals surface area contributed by atoms with Crippen molar-refractivity contribution in [3.05, 3.63) is 29.8 Å². The van der Waals surface area contributed by atoms with E-state index < -0.39 is 0 Å². The lowest BCUT2D eigenvalue weighted by Gasteiger charge is -2.44. The number of carbonyl (C=O) groups is 2. The van der Waals surface area contributed by atoms with Crippen molar-refractivity contribution in [2.45, 2.75) is 31.3 Å². The number of amides is 2. The first-order chi connectivity index (χ1) is 10.7. The number of hydrogen-bond donors (Lipinski definition) is 1. The van der Waals surface area contributed by atoms with E-state index in [4.69, 9.17) is 4.74 Å². The third-order valence-electron chi connectivity index (χ3n) is 4.49. The van der Waals surface area contributed by atoms with Crippen LogP contribution in [-0.4, -0.2) is 42.8 Å². The molecule has 2 aliphatic rings. The highest BCUT2D eigenvalue weighted by molar-refractivity contribution is 5.74. The summed E-state index contributed by atoms with van der Waals surface area (Å²) in [7, 11) is 0. The molecule has 1 aromatic carbocycles. The van der Waals surface area contributed by atoms with Crippen molar-refractivity contribution in [1.82, 2.24) is 10.2 Å². The number of rotatable bonds is 3. The van der Waals surface area contributed by atoms with Gasteiger partial charge in [-0.25, -0.2) is 4.79 Å². The van der Waals surface area contributed by atoms with Gasteiger partial charge in [0.1, 0.15) is 11.4 Å². The average Bonchev–Trinajstić information content (AvgIpc) is 2.55. The summed E-state index contributed by atoms with van der Waals surface area (Å²) in [4.78, 5) is 23.7. The SMILES string of the molecule is O=COCNC(=O)N1CCC2(CCc3ccccc3O2)CC1. The fraction of sp³-hybridized carbons (Fsp3) is 0.500. The number of benzene rings is 1. The lowest BCUT2D eigenvalue weighted by molar-refractivity contribution is -0.129. The molecular weight excluding hydrogens is 284 g/mol. The van der Waals surface area contributed by atoms with Gasteiger partial charge in [0.25, 0.3) is 6.47 Å². The summed E-state index contributed by atoms with van der Waals surface area (Å²) >= 11 is 0. The maximum absolute atomic E-state index is 11.9. The molecule has 22 heavy (non-hydrogen) atoms. The van der Waals surface area contributed by atoms with Crippen LogP contribution in [0.2, 0.25) is 0 Å². The molecule has 1 saturated heterocycles. The Hall–Kier alpha value is -2.24. The van der Waals surface area contributed by atoms with Gasteiger partial charge in [0.15, 0.2) is 6.73 Å². The Kier molecular flexibility index (Phi) is 4.18. The quantitative estimate of drug-likeness (QED) is 0.524. The van der Waals surface area contributed by atoms with E-state index in [-0.39, 0.29) is 18.4 Å². The summed E-state index contributed by atoms with van der Waals surface area (Å²) in [5.41, 5.74) is 1.11. The van der Waals surface area contributed by atoms with Crippen LogP contribution >= 0.6 is 0 Å². The summed E-state index contributed by atoms with van der Waals surface area (Å²) in [5.74, 6) is 0.978. The van der Waals surface area contributed by atoms with E-state index in [1.165, 1.54) is 5.56 Å². The van der Waals surface area contributed by atoms with Gasteiger partial charge in [0.05, 0.1) is 0 Å². The van der Waals surface area contributed by atoms with Gasteiger partial charge in [-0.3, -0.25) is 4.79 Å². The van der Waals surface area contributed by atoms with Gasteiger partial charge in [-0.15, -0.1) is 0 Å². The summed E-state index contributed by atoms with van der Waals surface area (Å²) in [6.45, 7) is 1.52. The fourth-order valence-corrected chi connectivity index (χ4v) is 3.18. The minimum Gasteiger partial charge on any atom is -0.487 e. The van der Waals surface area contributed by atoms with Crippen LogP contribution in [0.25, 0.3) is 0 Å². The fourth-order valence-electron chi connectivity index (χ4n) is 3.18. The highest BCUT2D eigenvalue weighted by atomic mass is 16.5. The maximum atomic E-state index is 11.9. The van der Waals surface area contributed by atoms with Gasteiger partial charge < -0.3 is 19.7 Å². The lowest BCUT2D eigenvalue weighted by Crippen LogP contribution is -2.53. The van der Waals surface area contributed by atoms with Crippen molar-refractivity contribution in [3.8, 4) is 5.75 Å². The Balaban J connectivity index is 1.56. The predicted octanol–water partition coefficient (Wildman–Crippen LogP) is 1.69. The molecule has 2 amide bonds. The largest absolute Gasteiger partial charge is 0.487 e. The number of likely N-dealkylation sites (tertiary alicyclic amines) is 1. The van der Waals surface area contributed by atoms with Crippen molar-refractivity contribution >= 4 is 12.5 Å². The molecule has 6 nitrogen and oxygen atoms in total. The standard InChI is InChI=1S/C16H20N2O4/c19-12-21-11-17-15(20)18-9-7-16(8-10-18)6-5-13-3-1-2-4-14(13)22-16/h1-4,12H,5-11H2,(H,17,20). The molecule has 0 aliphatic carbocycles. The number of urea groups is 1. The molecule has 0 aromatic heterocycles. The molecule has 1 fully saturated rings. The molecule has 1 spiro atoms. The van der Waals surface area contributed by atoms with Crippen molar-refractivity contribution in [1.29, 1.82) is 0 Å². The number of nitrogens with zero attached hydrogens (tertiary/aromatic N) is 1. The minimum absolute atomic E-state index is 0.0894. The smallest absolute Gasteiger partial charge is 0.320 e. The van der Waals surface area contributed by atoms with E-state index in [0.29, 0.717) is 19.6 Å². The first-order valence-corrected chi connectivity index (χ1v) is 7.57. The molecule has 6 heteroatoms. The van der Waals surface area contributed by atoms with Gasteiger partial charge in [0.2, 0.25) is 0 Å². The molecule has 0 radical (unpaired) electrons. The van der Waals surface area contributed by atoms with Gasteiger partial charge in [-0.1, -0.05) is 18.2 Å². The Labute approximate surface area is 129 Å². The van der Waals surface area contributed by atoms with Crippen LogP contribution in [0.1, 0.15) is 24.8 Å². The topological polar surface area (TPSA) is 67.9 Å². The van der Waals surface area contributed by atoms with Crippen LogP contribution in [0.5, 0.6) is 5.75 Å². The van der Waals surface area contributed by atoms with Crippen molar-refractivity contribution in [2.24, 2.45) is 0 Å². The summed E-state index contributed by atoms with van der Waals surface area (Å²) < 4.78 is 10.7. The molecule has 1 N–H and O–H groups in total. The highest BCUT2D eigenvalue weighted by Gasteiger charge is 2.40. The summed E-state index contributed by atoms with van der Waals surface area (Å²) in [5, 5.41) is 2.55. The van der Waals surface area contributed by atoms with Crippen LogP contribution in [0.4, 0.5) is 4.79 Å². The van der Waals surface area contributed by atoms with E-state index in [1.807, 2.05) is 18.2 Å². The first-order valence-electron chi connectivity index (χ1n) is 7.57. The monoisotopic (exact) mass is 304 g/mol. The number of hydrogen-bond acceptors (Lipinski definition) is 4. The van der Waals surface area contributed by atoms with E-state index in [9.17, 15) is 9.59 Å². The second-order valence-corrected chi connectivity index (χ2v) is 5.77. The number of carbonyl (C=O) groups excluding carboxylic acids is 2. The zero-order chi connectivity index (χ0) is 15.4. The summed E-state index contributed by atoms with van der Waals surface area (Å²) in [6.07, 6.45) is 3.66. The van der Waals surface area contributed by atoms with E-state index in [2.05, 4.69) is 16.1 Å². The van der Waals surface area contributed by atoms with Crippen LogP contribution in [0, 0.1) is 0 Å². The second-order valence-electron chi connectivity index (χ2n) is 5.77. The normalized spacial score (nSPS) is 19.0. The number of piperidine rings is 1. The number of nitrogens with one attached hydrogen (secondary N) is 1. The molecule has 3 rings (SSSR count). The first kappa shape index (κ1) is 14.7. The Morgan fingerprint density at radius 2 is 2.09 bits per heavy atom. The zero-order valence-electron chi connectivity index (χ0n) is 12.4. The minimum atomic E-state index is -0.201. The Bertz CT molecular complexity index is 553. The van der Waals surface area contributed by atoms with Crippen LogP contribution in [0.15, 0.2) is 24.3 Å². The van der Waals surface area contributed by atoms with Crippen molar-refractivity contribution in [2.75, 3.05) is 19.8 Å². The predicted molar refractivity (Wildman–Crippen MR) is 79.5 cm³/mol. The second kappa shape index (κ2) is 6.25. The number of fused-ring (bicyclic) bond motifs is 1. The average molecular weight is 304 g/mol. The number of para-hydroxylation sites is 1. The molecule has 118 valence electrons. The van der Waals surface area contributed by atoms with Crippen molar-refractivity contribution in [3.63, 3.8) is 0 Å². The lowest BCUT2D eigenvalue weighted by atomic mass is 9.83. The van der Waals surface area contributed by atoms with Crippen molar-refractivity contribution < 1.29 is 19.1 Å². The van der Waals surface area contributed by atoms with Crippen LogP contribution in [-0.2, 0) is 16.0 Å². The van der Waals surface area contributed by atoms with E-state index in [1.54, 1.807) is 4.90 Å². The third-order valence-corrected chi connectivity index (χ3v) is 4.49. The molecule has 1 aromatic rings. The molecule has 2 aliphatic heterocycles. The molecule has 0 bridgehead atoms. The van der Waals surface area contributed by atoms with Gasteiger partial charge in [-0.05, 0) is 24.5 Å². The molecule has 0 saturated carbocycles. The van der Waals surface area contributed by atoms with Gasteiger partial charge in [-0.2, -0.15) is 0 Å². The molecule has 0 atom stereocenters. The third kappa shape index (κ3) is 3.00. The zero-order valence-corrected chi connectivity index (χ0v) is 12.4. The van der Waals surface area contributed by atoms with Crippen LogP contribution in [0.3, 0.4) is 0 Å². The number of ether oxygens (including phenoxy) is 2. The molecule has 0 unspecified atom stereocenters. The van der Waals surface area contributed by atoms with E-state index >= 15 is 0 Å². The van der Waals surface area contributed by atoms with Gasteiger partial charge in [0, 0.05) is 25.9 Å². The highest BCUT2D eigenvalue weighted by Crippen LogP contribution is 2.39. The molecular formula is C16H20N2O4. The van der Waals surface area contributed by atoms with E-state index in [0.717, 1.165) is 31.4 Å². The van der Waals surface area contributed by atoms with Crippen LogP contribution < -0.4 is 10.1 Å².